The lowest BCUT2D eigenvalue weighted by molar-refractivity contribution is 0.355. The van der Waals surface area contributed by atoms with Crippen LogP contribution in [0.25, 0.3) is 22.4 Å². The van der Waals surface area contributed by atoms with Crippen molar-refractivity contribution in [1.82, 2.24) is 19.9 Å². The number of nitrogens with zero attached hydrogens (tertiary/aromatic N) is 4. The normalized spacial score (nSPS) is 10.7. The van der Waals surface area contributed by atoms with Gasteiger partial charge in [0.15, 0.2) is 28.8 Å². The molecule has 4 aromatic rings. The minimum absolute atomic E-state index is 0.499. The summed E-state index contributed by atoms with van der Waals surface area (Å²) in [6, 6.07) is 11.0. The average Bonchev–Trinajstić information content (AvgIpc) is 2.74. The molecule has 1 aromatic carbocycles. The van der Waals surface area contributed by atoms with Gasteiger partial charge in [-0.1, -0.05) is 0 Å². The van der Waals surface area contributed by atoms with Gasteiger partial charge in [0.05, 0.1) is 19.7 Å². The van der Waals surface area contributed by atoms with E-state index in [0.29, 0.717) is 34.5 Å². The predicted octanol–water partition coefficient (Wildman–Crippen LogP) is 4.20. The summed E-state index contributed by atoms with van der Waals surface area (Å²) in [7, 11) is 3.18. The molecule has 140 valence electrons. The van der Waals surface area contributed by atoms with Gasteiger partial charge in [0.2, 0.25) is 0 Å². The fourth-order valence-corrected chi connectivity index (χ4v) is 2.86. The van der Waals surface area contributed by atoms with Crippen LogP contribution in [0, 0.1) is 6.92 Å². The van der Waals surface area contributed by atoms with E-state index in [4.69, 9.17) is 14.2 Å². The Morgan fingerprint density at radius 3 is 2.25 bits per heavy atom. The third-order valence-electron chi connectivity index (χ3n) is 4.20. The highest BCUT2D eigenvalue weighted by molar-refractivity contribution is 5.88. The molecule has 0 amide bonds. The van der Waals surface area contributed by atoms with Crippen molar-refractivity contribution in [2.24, 2.45) is 0 Å². The molecule has 4 rings (SSSR count). The average molecular weight is 374 g/mol. The molecule has 0 radical (unpaired) electrons. The highest BCUT2D eigenvalue weighted by Gasteiger charge is 2.15. The number of aromatic nitrogens is 4. The SMILES string of the molecule is COc1cc2nccc(Oc3ccc(C)nc3-c3ncccn3)c2cc1OC. The lowest BCUT2D eigenvalue weighted by Crippen LogP contribution is -1.98. The monoisotopic (exact) mass is 374 g/mol. The molecule has 0 saturated heterocycles. The fraction of sp³-hybridized carbons (Fsp3) is 0.143. The number of methoxy groups -OCH3 is 2. The van der Waals surface area contributed by atoms with Crippen molar-refractivity contribution in [2.75, 3.05) is 14.2 Å². The number of hydrogen-bond donors (Lipinski definition) is 0. The van der Waals surface area contributed by atoms with Gasteiger partial charge in [-0.05, 0) is 37.3 Å². The molecule has 0 saturated carbocycles. The van der Waals surface area contributed by atoms with Gasteiger partial charge in [0, 0.05) is 35.7 Å². The molecule has 0 aliphatic rings. The van der Waals surface area contributed by atoms with Gasteiger partial charge in [0.1, 0.15) is 5.75 Å². The predicted molar refractivity (Wildman–Crippen MR) is 105 cm³/mol. The molecule has 0 N–H and O–H groups in total. The van der Waals surface area contributed by atoms with E-state index in [1.165, 1.54) is 0 Å². The lowest BCUT2D eigenvalue weighted by atomic mass is 10.1. The van der Waals surface area contributed by atoms with Crippen molar-refractivity contribution in [1.29, 1.82) is 0 Å². The summed E-state index contributed by atoms with van der Waals surface area (Å²) in [5.74, 6) is 2.88. The van der Waals surface area contributed by atoms with Crippen LogP contribution in [0.1, 0.15) is 5.69 Å². The summed E-state index contributed by atoms with van der Waals surface area (Å²) in [6.45, 7) is 1.91. The third kappa shape index (κ3) is 3.29. The third-order valence-corrected chi connectivity index (χ3v) is 4.20. The van der Waals surface area contributed by atoms with E-state index in [2.05, 4.69) is 19.9 Å². The van der Waals surface area contributed by atoms with Crippen molar-refractivity contribution in [2.45, 2.75) is 6.92 Å². The van der Waals surface area contributed by atoms with E-state index < -0.39 is 0 Å². The molecule has 0 aliphatic heterocycles. The van der Waals surface area contributed by atoms with Gasteiger partial charge in [-0.15, -0.1) is 0 Å². The van der Waals surface area contributed by atoms with Crippen molar-refractivity contribution in [3.63, 3.8) is 0 Å². The number of benzene rings is 1. The van der Waals surface area contributed by atoms with Gasteiger partial charge in [-0.3, -0.25) is 4.98 Å². The Balaban J connectivity index is 1.83. The smallest absolute Gasteiger partial charge is 0.181 e. The molecular weight excluding hydrogens is 356 g/mol. The minimum Gasteiger partial charge on any atom is -0.493 e. The Bertz CT molecular complexity index is 1130. The second kappa shape index (κ2) is 7.48. The van der Waals surface area contributed by atoms with Crippen LogP contribution in [0.15, 0.2) is 55.0 Å². The number of rotatable bonds is 5. The van der Waals surface area contributed by atoms with E-state index in [-0.39, 0.29) is 0 Å². The van der Waals surface area contributed by atoms with Crippen LogP contribution in [0.4, 0.5) is 0 Å². The molecule has 3 aromatic heterocycles. The highest BCUT2D eigenvalue weighted by atomic mass is 16.5. The molecule has 3 heterocycles. The van der Waals surface area contributed by atoms with Crippen molar-refractivity contribution >= 4 is 10.9 Å². The summed E-state index contributed by atoms with van der Waals surface area (Å²) in [5, 5.41) is 0.792. The maximum Gasteiger partial charge on any atom is 0.181 e. The van der Waals surface area contributed by atoms with Gasteiger partial charge < -0.3 is 14.2 Å². The zero-order chi connectivity index (χ0) is 19.5. The van der Waals surface area contributed by atoms with Crippen LogP contribution in [0.2, 0.25) is 0 Å². The van der Waals surface area contributed by atoms with Crippen LogP contribution in [-0.4, -0.2) is 34.2 Å². The maximum atomic E-state index is 6.23. The Kier molecular flexibility index (Phi) is 4.72. The van der Waals surface area contributed by atoms with Crippen molar-refractivity contribution in [3.05, 3.63) is 60.7 Å². The quantitative estimate of drug-likeness (QED) is 0.518. The molecule has 0 bridgehead atoms. The highest BCUT2D eigenvalue weighted by Crippen LogP contribution is 2.38. The molecule has 0 spiro atoms. The first kappa shape index (κ1) is 17.7. The molecule has 7 heteroatoms. The summed E-state index contributed by atoms with van der Waals surface area (Å²) in [4.78, 5) is 17.6. The van der Waals surface area contributed by atoms with E-state index >= 15 is 0 Å². The Morgan fingerprint density at radius 1 is 0.750 bits per heavy atom. The van der Waals surface area contributed by atoms with Crippen molar-refractivity contribution in [3.8, 4) is 34.5 Å². The summed E-state index contributed by atoms with van der Waals surface area (Å²) < 4.78 is 17.0. The van der Waals surface area contributed by atoms with E-state index in [1.54, 1.807) is 44.9 Å². The topological polar surface area (TPSA) is 79.3 Å². The summed E-state index contributed by atoms with van der Waals surface area (Å²) >= 11 is 0. The molecule has 7 nitrogen and oxygen atoms in total. The largest absolute Gasteiger partial charge is 0.493 e. The molecule has 0 aliphatic carbocycles. The van der Waals surface area contributed by atoms with E-state index in [9.17, 15) is 0 Å². The second-order valence-corrected chi connectivity index (χ2v) is 6.01. The minimum atomic E-state index is 0.499. The number of fused-ring (bicyclic) bond motifs is 1. The number of ether oxygens (including phenoxy) is 3. The molecule has 0 fully saturated rings. The first-order valence-corrected chi connectivity index (χ1v) is 8.63. The zero-order valence-electron chi connectivity index (χ0n) is 15.7. The standard InChI is InChI=1S/C21H18N4O3/c1-13-5-6-17(20(25-13)21-23-8-4-9-24-21)28-16-7-10-22-15-12-19(27-3)18(26-2)11-14(15)16/h4-12H,1-3H3. The van der Waals surface area contributed by atoms with Gasteiger partial charge >= 0.3 is 0 Å². The first-order chi connectivity index (χ1) is 13.7. The number of hydrogen-bond acceptors (Lipinski definition) is 7. The Morgan fingerprint density at radius 2 is 1.50 bits per heavy atom. The van der Waals surface area contributed by atoms with Gasteiger partial charge in [0.25, 0.3) is 0 Å². The zero-order valence-corrected chi connectivity index (χ0v) is 15.7. The fourth-order valence-electron chi connectivity index (χ4n) is 2.86. The summed E-state index contributed by atoms with van der Waals surface area (Å²) in [5.41, 5.74) is 2.15. The van der Waals surface area contributed by atoms with E-state index in [1.807, 2.05) is 31.2 Å². The van der Waals surface area contributed by atoms with Crippen LogP contribution < -0.4 is 14.2 Å². The second-order valence-electron chi connectivity index (χ2n) is 6.01. The van der Waals surface area contributed by atoms with E-state index in [0.717, 1.165) is 16.6 Å². The molecule has 0 unspecified atom stereocenters. The first-order valence-electron chi connectivity index (χ1n) is 8.63. The molecule has 0 atom stereocenters. The van der Waals surface area contributed by atoms with Gasteiger partial charge in [-0.25, -0.2) is 15.0 Å². The summed E-state index contributed by atoms with van der Waals surface area (Å²) in [6.07, 6.45) is 5.04. The Hall–Kier alpha value is -3.74. The molecule has 28 heavy (non-hydrogen) atoms. The maximum absolute atomic E-state index is 6.23. The van der Waals surface area contributed by atoms with Gasteiger partial charge in [-0.2, -0.15) is 0 Å². The Labute approximate surface area is 162 Å². The van der Waals surface area contributed by atoms with Crippen LogP contribution in [0.3, 0.4) is 0 Å². The van der Waals surface area contributed by atoms with Crippen LogP contribution >= 0.6 is 0 Å². The molecular formula is C21H18N4O3. The number of pyridine rings is 2. The number of aryl methyl sites for hydroxylation is 1. The lowest BCUT2D eigenvalue weighted by Gasteiger charge is -2.14. The van der Waals surface area contributed by atoms with Crippen molar-refractivity contribution < 1.29 is 14.2 Å². The van der Waals surface area contributed by atoms with Crippen LogP contribution in [-0.2, 0) is 0 Å². The van der Waals surface area contributed by atoms with Crippen LogP contribution in [0.5, 0.6) is 23.0 Å².